The van der Waals surface area contributed by atoms with E-state index in [-0.39, 0.29) is 5.82 Å². The molecule has 0 bridgehead atoms. The van der Waals surface area contributed by atoms with Gasteiger partial charge in [0.05, 0.1) is 5.69 Å². The van der Waals surface area contributed by atoms with E-state index in [1.54, 1.807) is 0 Å². The number of aliphatic imine (C=N–C) groups is 1. The van der Waals surface area contributed by atoms with E-state index in [0.717, 1.165) is 39.8 Å². The first-order valence-corrected chi connectivity index (χ1v) is 9.25. The van der Waals surface area contributed by atoms with Crippen LogP contribution in [0.3, 0.4) is 0 Å². The summed E-state index contributed by atoms with van der Waals surface area (Å²) in [6.45, 7) is 2.95. The fraction of sp³-hybridized carbons (Fsp3) is 0.318. The Morgan fingerprint density at radius 2 is 2.08 bits per heavy atom. The van der Waals surface area contributed by atoms with Gasteiger partial charge in [0.25, 0.3) is 0 Å². The summed E-state index contributed by atoms with van der Waals surface area (Å²) in [5, 5.41) is 4.28. The van der Waals surface area contributed by atoms with Crippen LogP contribution in [-0.4, -0.2) is 24.3 Å². The molecule has 0 radical (unpaired) electrons. The molecule has 134 valence electrons. The summed E-state index contributed by atoms with van der Waals surface area (Å²) < 4.78 is 13.4. The van der Waals surface area contributed by atoms with Crippen molar-refractivity contribution in [2.45, 2.75) is 26.2 Å². The second-order valence-electron chi connectivity index (χ2n) is 7.15. The Morgan fingerprint density at radius 1 is 1.23 bits per heavy atom. The van der Waals surface area contributed by atoms with Crippen molar-refractivity contribution in [1.29, 1.82) is 0 Å². The molecule has 0 atom stereocenters. The van der Waals surface area contributed by atoms with Gasteiger partial charge >= 0.3 is 0 Å². The molecule has 2 aromatic carbocycles. The van der Waals surface area contributed by atoms with Gasteiger partial charge in [0.1, 0.15) is 5.82 Å². The lowest BCUT2D eigenvalue weighted by Gasteiger charge is -2.27. The molecule has 1 aliphatic carbocycles. The monoisotopic (exact) mass is 349 g/mol. The van der Waals surface area contributed by atoms with Crippen LogP contribution in [0, 0.1) is 18.7 Å². The van der Waals surface area contributed by atoms with Crippen LogP contribution in [0.5, 0.6) is 0 Å². The Morgan fingerprint density at radius 3 is 2.77 bits per heavy atom. The van der Waals surface area contributed by atoms with Crippen molar-refractivity contribution in [3.05, 3.63) is 54.0 Å². The lowest BCUT2D eigenvalue weighted by atomic mass is 9.81. The third-order valence-corrected chi connectivity index (χ3v) is 5.35. The van der Waals surface area contributed by atoms with Crippen LogP contribution in [0.1, 0.15) is 24.8 Å². The normalized spacial score (nSPS) is 15.4. The van der Waals surface area contributed by atoms with Crippen LogP contribution in [0.4, 0.5) is 10.1 Å². The van der Waals surface area contributed by atoms with Gasteiger partial charge in [0.2, 0.25) is 0 Å². The predicted octanol–water partition coefficient (Wildman–Crippen LogP) is 5.37. The van der Waals surface area contributed by atoms with Crippen LogP contribution in [-0.2, 0) is 0 Å². The second kappa shape index (κ2) is 7.04. The van der Waals surface area contributed by atoms with Crippen molar-refractivity contribution in [2.24, 2.45) is 10.9 Å². The number of aryl methyl sites for hydroxylation is 1. The van der Waals surface area contributed by atoms with Gasteiger partial charge in [0.15, 0.2) is 0 Å². The summed E-state index contributed by atoms with van der Waals surface area (Å²) in [5.74, 6) is 0.407. The first kappa shape index (κ1) is 17.0. The van der Waals surface area contributed by atoms with E-state index in [4.69, 9.17) is 4.99 Å². The van der Waals surface area contributed by atoms with Gasteiger partial charge in [-0.1, -0.05) is 12.5 Å². The summed E-state index contributed by atoms with van der Waals surface area (Å²) in [5.41, 5.74) is 6.49. The minimum atomic E-state index is -0.222. The Hall–Kier alpha value is -2.46. The molecule has 26 heavy (non-hydrogen) atoms. The zero-order valence-corrected chi connectivity index (χ0v) is 15.3. The highest BCUT2D eigenvalue weighted by Crippen LogP contribution is 2.34. The van der Waals surface area contributed by atoms with Gasteiger partial charge in [-0.3, -0.25) is 4.99 Å². The largest absolute Gasteiger partial charge is 0.360 e. The van der Waals surface area contributed by atoms with Crippen LogP contribution in [0.25, 0.3) is 22.0 Å². The van der Waals surface area contributed by atoms with E-state index in [1.165, 1.54) is 37.1 Å². The van der Waals surface area contributed by atoms with Gasteiger partial charge in [-0.05, 0) is 74.2 Å². The number of nitrogens with one attached hydrogen (secondary N) is 2. The van der Waals surface area contributed by atoms with Crippen LogP contribution in [0.15, 0.2) is 47.6 Å². The highest BCUT2D eigenvalue weighted by Gasteiger charge is 2.23. The molecule has 1 aromatic heterocycles. The Kier molecular flexibility index (Phi) is 4.60. The number of rotatable bonds is 5. The van der Waals surface area contributed by atoms with Gasteiger partial charge in [0, 0.05) is 34.9 Å². The van der Waals surface area contributed by atoms with E-state index in [0.29, 0.717) is 5.92 Å². The van der Waals surface area contributed by atoms with E-state index < -0.39 is 0 Å². The molecule has 0 spiro atoms. The first-order chi connectivity index (χ1) is 12.7. The van der Waals surface area contributed by atoms with Crippen LogP contribution in [0.2, 0.25) is 0 Å². The second-order valence-corrected chi connectivity index (χ2v) is 7.15. The molecule has 1 heterocycles. The molecular formula is C22H24FN3. The van der Waals surface area contributed by atoms with Crippen molar-refractivity contribution in [1.82, 2.24) is 10.3 Å². The summed E-state index contributed by atoms with van der Waals surface area (Å²) >= 11 is 0. The quantitative estimate of drug-likeness (QED) is 0.597. The summed E-state index contributed by atoms with van der Waals surface area (Å²) in [6, 6.07) is 11.2. The molecule has 0 amide bonds. The Labute approximate surface area is 153 Å². The number of aromatic nitrogens is 1. The van der Waals surface area contributed by atoms with Crippen LogP contribution < -0.4 is 5.32 Å². The Bertz CT molecular complexity index is 967. The SMILES string of the molecule is CNCC(=Nc1ccc(-c2c[nH]c3cc(F)ccc23)cc1C)C1CCC1. The lowest BCUT2D eigenvalue weighted by molar-refractivity contribution is 0.409. The number of hydrogen-bond acceptors (Lipinski definition) is 2. The zero-order valence-electron chi connectivity index (χ0n) is 15.3. The molecule has 0 unspecified atom stereocenters. The molecule has 1 fully saturated rings. The molecule has 0 saturated heterocycles. The maximum Gasteiger partial charge on any atom is 0.125 e. The number of benzene rings is 2. The van der Waals surface area contributed by atoms with Crippen molar-refractivity contribution in [3.8, 4) is 11.1 Å². The van der Waals surface area contributed by atoms with Crippen molar-refractivity contribution < 1.29 is 4.39 Å². The fourth-order valence-electron chi connectivity index (χ4n) is 3.64. The Balaban J connectivity index is 1.69. The maximum atomic E-state index is 13.4. The summed E-state index contributed by atoms with van der Waals surface area (Å²) in [7, 11) is 1.98. The van der Waals surface area contributed by atoms with Gasteiger partial charge < -0.3 is 10.3 Å². The molecule has 4 heteroatoms. The fourth-order valence-corrected chi connectivity index (χ4v) is 3.64. The van der Waals surface area contributed by atoms with Crippen molar-refractivity contribution >= 4 is 22.3 Å². The number of fused-ring (bicyclic) bond motifs is 1. The van der Waals surface area contributed by atoms with Gasteiger partial charge in [-0.25, -0.2) is 4.39 Å². The van der Waals surface area contributed by atoms with Gasteiger partial charge in [-0.2, -0.15) is 0 Å². The number of H-pyrrole nitrogens is 1. The van der Waals surface area contributed by atoms with Crippen molar-refractivity contribution in [3.63, 3.8) is 0 Å². The van der Waals surface area contributed by atoms with Crippen LogP contribution >= 0.6 is 0 Å². The molecule has 3 nitrogen and oxygen atoms in total. The molecular weight excluding hydrogens is 325 g/mol. The van der Waals surface area contributed by atoms with E-state index >= 15 is 0 Å². The maximum absolute atomic E-state index is 13.4. The molecule has 1 aliphatic rings. The number of halogens is 1. The smallest absolute Gasteiger partial charge is 0.125 e. The first-order valence-electron chi connectivity index (χ1n) is 9.25. The average Bonchev–Trinajstić information content (AvgIpc) is 2.98. The van der Waals surface area contributed by atoms with E-state index in [9.17, 15) is 4.39 Å². The molecule has 2 N–H and O–H groups in total. The summed E-state index contributed by atoms with van der Waals surface area (Å²) in [6.07, 6.45) is 5.77. The zero-order chi connectivity index (χ0) is 18.1. The number of nitrogens with zero attached hydrogens (tertiary/aromatic N) is 1. The topological polar surface area (TPSA) is 40.2 Å². The highest BCUT2D eigenvalue weighted by molar-refractivity contribution is 5.96. The molecule has 4 rings (SSSR count). The number of hydrogen-bond donors (Lipinski definition) is 2. The highest BCUT2D eigenvalue weighted by atomic mass is 19.1. The molecule has 3 aromatic rings. The van der Waals surface area contributed by atoms with E-state index in [2.05, 4.69) is 35.4 Å². The predicted molar refractivity (Wildman–Crippen MR) is 107 cm³/mol. The third kappa shape index (κ3) is 3.17. The minimum Gasteiger partial charge on any atom is -0.360 e. The van der Waals surface area contributed by atoms with Gasteiger partial charge in [-0.15, -0.1) is 0 Å². The number of aromatic amines is 1. The lowest BCUT2D eigenvalue weighted by Crippen LogP contribution is -2.30. The third-order valence-electron chi connectivity index (χ3n) is 5.35. The van der Waals surface area contributed by atoms with E-state index in [1.807, 2.05) is 19.3 Å². The molecule has 1 saturated carbocycles. The minimum absolute atomic E-state index is 0.222. The standard InChI is InChI=1S/C22H24FN3/c1-14-10-16(19-12-25-21-11-17(23)7-8-18(19)21)6-9-20(14)26-22(13-24-2)15-4-3-5-15/h6-12,15,24-25H,3-5,13H2,1-2H3. The summed E-state index contributed by atoms with van der Waals surface area (Å²) in [4.78, 5) is 8.13. The average molecular weight is 349 g/mol. The molecule has 0 aliphatic heterocycles. The van der Waals surface area contributed by atoms with Crippen molar-refractivity contribution in [2.75, 3.05) is 13.6 Å².